The topological polar surface area (TPSA) is 146 Å². The second kappa shape index (κ2) is 16.3. The standard InChI is InChI=1S/C26H34N4O3.C21H24N4O3/c1-4-33-25(32)28-16-26(17-28)19-9-5-7-11-21(19)30(24(26)31)15-23-27-20-10-6-8-12-22(20)29(23)14-13-18(2)3;1-2-28-20(27)24-12-21(13-24)14-7-3-6-10-17(14)25(19(21)26)11-18-22-15-8-4-5-9-16(15)23-18/h5,7,9,11,18H,4,6,8,10,12-17H2,1-3H3;3,6-7,10H,2,4-5,8-9,11-13H2,1H3,(H,22,23). The summed E-state index contributed by atoms with van der Waals surface area (Å²) in [5, 5.41) is 0. The molecule has 2 spiro atoms. The zero-order valence-corrected chi connectivity index (χ0v) is 36.0. The van der Waals surface area contributed by atoms with E-state index < -0.39 is 10.8 Å². The zero-order valence-electron chi connectivity index (χ0n) is 36.0. The van der Waals surface area contributed by atoms with Gasteiger partial charge in [0.1, 0.15) is 22.5 Å². The number of anilines is 2. The van der Waals surface area contributed by atoms with Gasteiger partial charge in [0.2, 0.25) is 11.8 Å². The molecule has 2 aromatic heterocycles. The summed E-state index contributed by atoms with van der Waals surface area (Å²) < 4.78 is 12.6. The average Bonchev–Trinajstić information content (AvgIpc) is 3.94. The largest absolute Gasteiger partial charge is 0.450 e. The fraction of sp³-hybridized carbons (Fsp3) is 0.532. The summed E-state index contributed by atoms with van der Waals surface area (Å²) in [4.78, 5) is 71.7. The molecule has 322 valence electrons. The van der Waals surface area contributed by atoms with Crippen molar-refractivity contribution in [3.8, 4) is 0 Å². The number of fused-ring (bicyclic) bond motifs is 6. The zero-order chi connectivity index (χ0) is 42.5. The highest BCUT2D eigenvalue weighted by Gasteiger charge is 2.61. The number of benzene rings is 2. The van der Waals surface area contributed by atoms with Crippen LogP contribution in [0.1, 0.15) is 105 Å². The van der Waals surface area contributed by atoms with E-state index in [1.54, 1.807) is 23.6 Å². The lowest BCUT2D eigenvalue weighted by Crippen LogP contribution is -2.65. The van der Waals surface area contributed by atoms with Gasteiger partial charge in [0.25, 0.3) is 0 Å². The van der Waals surface area contributed by atoms with Gasteiger partial charge in [-0.3, -0.25) is 9.59 Å². The number of likely N-dealkylation sites (tertiary alicyclic amines) is 2. The third-order valence-electron chi connectivity index (χ3n) is 13.5. The van der Waals surface area contributed by atoms with Gasteiger partial charge in [-0.1, -0.05) is 50.2 Å². The highest BCUT2D eigenvalue weighted by atomic mass is 16.6. The average molecular weight is 831 g/mol. The monoisotopic (exact) mass is 830 g/mol. The maximum absolute atomic E-state index is 13.8. The lowest BCUT2D eigenvalue weighted by atomic mass is 9.75. The summed E-state index contributed by atoms with van der Waals surface area (Å²) in [6, 6.07) is 15.9. The van der Waals surface area contributed by atoms with E-state index >= 15 is 0 Å². The van der Waals surface area contributed by atoms with Crippen LogP contribution in [0.4, 0.5) is 21.0 Å². The second-order valence-corrected chi connectivity index (χ2v) is 17.9. The maximum atomic E-state index is 13.8. The van der Waals surface area contributed by atoms with Crippen molar-refractivity contribution in [3.05, 3.63) is 94.1 Å². The van der Waals surface area contributed by atoms with Crippen LogP contribution in [0.15, 0.2) is 48.5 Å². The van der Waals surface area contributed by atoms with Gasteiger partial charge < -0.3 is 38.6 Å². The van der Waals surface area contributed by atoms with E-state index in [9.17, 15) is 19.2 Å². The summed E-state index contributed by atoms with van der Waals surface area (Å²) in [5.74, 6) is 2.56. The number of amides is 4. The number of carbonyl (C=O) groups excluding carboxylic acids is 4. The number of carbonyl (C=O) groups is 4. The Labute approximate surface area is 357 Å². The molecular weight excluding hydrogens is 773 g/mol. The van der Waals surface area contributed by atoms with Crippen LogP contribution in [0.5, 0.6) is 0 Å². The number of nitrogens with zero attached hydrogens (tertiary/aromatic N) is 7. The van der Waals surface area contributed by atoms with Crippen LogP contribution in [0.3, 0.4) is 0 Å². The quantitative estimate of drug-likeness (QED) is 0.199. The molecular formula is C47H58N8O6. The van der Waals surface area contributed by atoms with Crippen LogP contribution in [0.25, 0.3) is 0 Å². The van der Waals surface area contributed by atoms with Crippen LogP contribution in [0.2, 0.25) is 0 Å². The molecule has 10 rings (SSSR count). The predicted octanol–water partition coefficient (Wildman–Crippen LogP) is 6.61. The first-order valence-corrected chi connectivity index (χ1v) is 22.4. The van der Waals surface area contributed by atoms with Crippen molar-refractivity contribution >= 4 is 35.4 Å². The van der Waals surface area contributed by atoms with Gasteiger partial charge in [0, 0.05) is 55.5 Å². The molecule has 0 unspecified atom stereocenters. The predicted molar refractivity (Wildman–Crippen MR) is 229 cm³/mol. The Balaban J connectivity index is 0.000000158. The SMILES string of the molecule is CCOC(=O)N1CC2(C1)C(=O)N(Cc1nc3c([nH]1)CCCC3)c1ccccc12.CCOC(=O)N1CC2(C1)C(=O)N(Cc1nc3c(n1CCC(C)C)CCCC3)c1ccccc12. The van der Waals surface area contributed by atoms with Crippen LogP contribution in [-0.2, 0) is 75.2 Å². The minimum absolute atomic E-state index is 0.0450. The van der Waals surface area contributed by atoms with Crippen molar-refractivity contribution in [2.75, 3.05) is 49.2 Å². The van der Waals surface area contributed by atoms with Crippen LogP contribution < -0.4 is 9.80 Å². The van der Waals surface area contributed by atoms with Gasteiger partial charge in [-0.25, -0.2) is 19.6 Å². The van der Waals surface area contributed by atoms with Gasteiger partial charge in [-0.05, 0) is 101 Å². The molecule has 0 radical (unpaired) electrons. The first-order valence-electron chi connectivity index (χ1n) is 22.4. The number of H-pyrrole nitrogens is 1. The smallest absolute Gasteiger partial charge is 0.409 e. The van der Waals surface area contributed by atoms with Crippen LogP contribution in [-0.4, -0.2) is 92.7 Å². The number of aromatic amines is 1. The molecule has 4 aromatic rings. The number of aryl methyl sites for hydroxylation is 3. The van der Waals surface area contributed by atoms with Gasteiger partial charge in [-0.15, -0.1) is 0 Å². The van der Waals surface area contributed by atoms with E-state index in [4.69, 9.17) is 19.4 Å². The molecule has 6 heterocycles. The van der Waals surface area contributed by atoms with Gasteiger partial charge >= 0.3 is 12.2 Å². The van der Waals surface area contributed by atoms with E-state index in [0.29, 0.717) is 58.4 Å². The maximum Gasteiger partial charge on any atom is 0.409 e. The molecule has 2 aliphatic carbocycles. The molecule has 14 nitrogen and oxygen atoms in total. The minimum atomic E-state index is -0.668. The Morgan fingerprint density at radius 1 is 0.705 bits per heavy atom. The second-order valence-electron chi connectivity index (χ2n) is 17.9. The highest BCUT2D eigenvalue weighted by Crippen LogP contribution is 2.49. The molecule has 1 N–H and O–H groups in total. The van der Waals surface area contributed by atoms with Crippen LogP contribution in [0, 0.1) is 5.92 Å². The third kappa shape index (κ3) is 7.05. The molecule has 2 saturated heterocycles. The van der Waals surface area contributed by atoms with Crippen molar-refractivity contribution in [1.82, 2.24) is 29.3 Å². The molecule has 0 bridgehead atoms. The molecule has 2 aromatic carbocycles. The normalized spacial score (nSPS) is 18.9. The lowest BCUT2D eigenvalue weighted by molar-refractivity contribution is -0.129. The Morgan fingerprint density at radius 3 is 1.79 bits per heavy atom. The number of hydrogen-bond acceptors (Lipinski definition) is 8. The first kappa shape index (κ1) is 40.7. The third-order valence-corrected chi connectivity index (χ3v) is 13.5. The van der Waals surface area contributed by atoms with Crippen molar-refractivity contribution in [3.63, 3.8) is 0 Å². The van der Waals surface area contributed by atoms with Gasteiger partial charge in [-0.2, -0.15) is 0 Å². The number of aromatic nitrogens is 4. The lowest BCUT2D eigenvalue weighted by Gasteiger charge is -2.45. The highest BCUT2D eigenvalue weighted by molar-refractivity contribution is 6.10. The van der Waals surface area contributed by atoms with Crippen molar-refractivity contribution in [2.45, 2.75) is 116 Å². The van der Waals surface area contributed by atoms with Gasteiger partial charge in [0.05, 0.1) is 37.7 Å². The van der Waals surface area contributed by atoms with E-state index in [-0.39, 0.29) is 24.0 Å². The molecule has 0 saturated carbocycles. The van der Waals surface area contributed by atoms with Crippen molar-refractivity contribution in [1.29, 1.82) is 0 Å². The summed E-state index contributed by atoms with van der Waals surface area (Å²) in [6.45, 7) is 12.1. The van der Waals surface area contributed by atoms with Crippen molar-refractivity contribution < 1.29 is 28.7 Å². The number of imidazole rings is 2. The number of nitrogens with one attached hydrogen (secondary N) is 1. The minimum Gasteiger partial charge on any atom is -0.450 e. The molecule has 14 heteroatoms. The van der Waals surface area contributed by atoms with E-state index in [2.05, 4.69) is 23.4 Å². The molecule has 4 amide bonds. The number of rotatable bonds is 9. The molecule has 2 fully saturated rings. The first-order chi connectivity index (χ1) is 29.6. The van der Waals surface area contributed by atoms with Gasteiger partial charge in [0.15, 0.2) is 0 Å². The summed E-state index contributed by atoms with van der Waals surface area (Å²) in [7, 11) is 0. The number of ether oxygens (including phenoxy) is 2. The Hall–Kier alpha value is -5.66. The number of para-hydroxylation sites is 2. The number of hydrogen-bond donors (Lipinski definition) is 1. The molecule has 61 heavy (non-hydrogen) atoms. The summed E-state index contributed by atoms with van der Waals surface area (Å²) in [6.07, 6.45) is 9.30. The Morgan fingerprint density at radius 2 is 1.23 bits per heavy atom. The van der Waals surface area contributed by atoms with Crippen LogP contribution >= 0.6 is 0 Å². The van der Waals surface area contributed by atoms with E-state index in [1.807, 2.05) is 58.3 Å². The fourth-order valence-corrected chi connectivity index (χ4v) is 10.3. The van der Waals surface area contributed by atoms with Crippen molar-refractivity contribution in [2.24, 2.45) is 5.92 Å². The van der Waals surface area contributed by atoms with E-state index in [0.717, 1.165) is 78.5 Å². The molecule has 6 aliphatic rings. The molecule has 0 atom stereocenters. The Kier molecular flexibility index (Phi) is 10.9. The Bertz CT molecular complexity index is 2310. The summed E-state index contributed by atoms with van der Waals surface area (Å²) >= 11 is 0. The van der Waals surface area contributed by atoms with E-state index in [1.165, 1.54) is 42.8 Å². The summed E-state index contributed by atoms with van der Waals surface area (Å²) in [5.41, 5.74) is 7.50. The fourth-order valence-electron chi connectivity index (χ4n) is 10.3. The molecule has 4 aliphatic heterocycles.